The largest absolute Gasteiger partial charge is 0.479 e. The van der Waals surface area contributed by atoms with Crippen LogP contribution in [0.4, 0.5) is 0 Å². The molecule has 5 heteroatoms. The van der Waals surface area contributed by atoms with Crippen LogP contribution in [0.25, 0.3) is 0 Å². The molecule has 0 spiro atoms. The summed E-state index contributed by atoms with van der Waals surface area (Å²) in [6.45, 7) is 2.37. The van der Waals surface area contributed by atoms with Gasteiger partial charge >= 0.3 is 5.97 Å². The van der Waals surface area contributed by atoms with E-state index in [-0.39, 0.29) is 5.91 Å². The minimum absolute atomic E-state index is 0.294. The Labute approximate surface area is 146 Å². The Morgan fingerprint density at radius 3 is 2.56 bits per heavy atom. The molecular formula is C20H21NO4. The molecule has 0 saturated heterocycles. The normalized spacial score (nSPS) is 17.6. The predicted molar refractivity (Wildman–Crippen MR) is 92.9 cm³/mol. The fourth-order valence-electron chi connectivity index (χ4n) is 3.17. The average molecular weight is 339 g/mol. The minimum Gasteiger partial charge on any atom is -0.479 e. The lowest BCUT2D eigenvalue weighted by Crippen LogP contribution is -2.47. The van der Waals surface area contributed by atoms with Gasteiger partial charge in [-0.05, 0) is 30.0 Å². The molecule has 2 aromatic carbocycles. The monoisotopic (exact) mass is 339 g/mol. The summed E-state index contributed by atoms with van der Waals surface area (Å²) in [7, 11) is 0. The molecule has 0 aromatic heterocycles. The van der Waals surface area contributed by atoms with Crippen molar-refractivity contribution in [3.8, 4) is 0 Å². The number of carbonyl (C=O) groups excluding carboxylic acids is 1. The first-order valence-corrected chi connectivity index (χ1v) is 8.34. The highest BCUT2D eigenvalue weighted by Gasteiger charge is 2.37. The summed E-state index contributed by atoms with van der Waals surface area (Å²) in [6, 6.07) is 16.0. The number of nitrogens with zero attached hydrogens (tertiary/aromatic N) is 1. The van der Waals surface area contributed by atoms with Crippen molar-refractivity contribution in [2.45, 2.75) is 32.1 Å². The minimum atomic E-state index is -1.02. The Bertz CT molecular complexity index is 759. The SMILES string of the molecule is CC(OCc1ccccc1)C(=O)N1CCc2ccccc2C1C(=O)O. The van der Waals surface area contributed by atoms with Crippen molar-refractivity contribution in [1.82, 2.24) is 4.90 Å². The van der Waals surface area contributed by atoms with Crippen LogP contribution >= 0.6 is 0 Å². The molecule has 1 heterocycles. The second-order valence-corrected chi connectivity index (χ2v) is 6.16. The van der Waals surface area contributed by atoms with E-state index in [0.717, 1.165) is 11.1 Å². The van der Waals surface area contributed by atoms with E-state index in [1.807, 2.05) is 42.5 Å². The van der Waals surface area contributed by atoms with E-state index in [2.05, 4.69) is 0 Å². The smallest absolute Gasteiger partial charge is 0.331 e. The number of carbonyl (C=O) groups is 2. The molecule has 5 nitrogen and oxygen atoms in total. The summed E-state index contributed by atoms with van der Waals surface area (Å²) in [5.74, 6) is -1.31. The molecule has 0 radical (unpaired) electrons. The summed E-state index contributed by atoms with van der Waals surface area (Å²) < 4.78 is 5.67. The molecule has 3 rings (SSSR count). The molecule has 0 saturated carbocycles. The van der Waals surface area contributed by atoms with Crippen molar-refractivity contribution >= 4 is 11.9 Å². The van der Waals surface area contributed by atoms with Crippen LogP contribution in [0.3, 0.4) is 0 Å². The van der Waals surface area contributed by atoms with Crippen molar-refractivity contribution in [3.05, 3.63) is 71.3 Å². The third kappa shape index (κ3) is 3.72. The van der Waals surface area contributed by atoms with E-state index in [0.29, 0.717) is 25.1 Å². The standard InChI is InChI=1S/C20H21NO4/c1-14(25-13-15-7-3-2-4-8-15)19(22)21-12-11-16-9-5-6-10-17(16)18(21)20(23)24/h2-10,14,18H,11-13H2,1H3,(H,23,24). The van der Waals surface area contributed by atoms with Crippen LogP contribution < -0.4 is 0 Å². The number of carboxylic acids is 1. The molecule has 0 fully saturated rings. The van der Waals surface area contributed by atoms with Gasteiger partial charge in [-0.1, -0.05) is 54.6 Å². The number of fused-ring (bicyclic) bond motifs is 1. The number of benzene rings is 2. The van der Waals surface area contributed by atoms with Crippen LogP contribution in [0.1, 0.15) is 29.7 Å². The highest BCUT2D eigenvalue weighted by atomic mass is 16.5. The Morgan fingerprint density at radius 2 is 1.84 bits per heavy atom. The van der Waals surface area contributed by atoms with Gasteiger partial charge in [-0.3, -0.25) is 4.79 Å². The first-order valence-electron chi connectivity index (χ1n) is 8.34. The van der Waals surface area contributed by atoms with Crippen LogP contribution in [0.15, 0.2) is 54.6 Å². The fourth-order valence-corrected chi connectivity index (χ4v) is 3.17. The molecule has 2 atom stereocenters. The zero-order valence-electron chi connectivity index (χ0n) is 14.1. The van der Waals surface area contributed by atoms with E-state index in [9.17, 15) is 14.7 Å². The summed E-state index contributed by atoms with van der Waals surface area (Å²) in [6.07, 6.45) is -0.0517. The number of carboxylic acid groups (broad SMARTS) is 1. The molecular weight excluding hydrogens is 318 g/mol. The number of ether oxygens (including phenoxy) is 1. The molecule has 25 heavy (non-hydrogen) atoms. The molecule has 2 aromatic rings. The molecule has 1 amide bonds. The van der Waals surface area contributed by atoms with E-state index in [1.165, 1.54) is 4.90 Å². The number of hydrogen-bond acceptors (Lipinski definition) is 3. The first kappa shape index (κ1) is 17.2. The second kappa shape index (κ2) is 7.49. The molecule has 130 valence electrons. The lowest BCUT2D eigenvalue weighted by atomic mass is 9.92. The van der Waals surface area contributed by atoms with E-state index in [4.69, 9.17) is 4.74 Å². The Kier molecular flexibility index (Phi) is 5.14. The lowest BCUT2D eigenvalue weighted by Gasteiger charge is -2.36. The Morgan fingerprint density at radius 1 is 1.16 bits per heavy atom. The number of rotatable bonds is 5. The molecule has 0 aliphatic carbocycles. The van der Waals surface area contributed by atoms with Crippen molar-refractivity contribution < 1.29 is 19.4 Å². The maximum Gasteiger partial charge on any atom is 0.331 e. The molecule has 2 unspecified atom stereocenters. The number of amides is 1. The molecule has 1 aliphatic rings. The van der Waals surface area contributed by atoms with Gasteiger partial charge in [0.25, 0.3) is 5.91 Å². The van der Waals surface area contributed by atoms with Crippen LogP contribution in [0.5, 0.6) is 0 Å². The van der Waals surface area contributed by atoms with Crippen LogP contribution in [0, 0.1) is 0 Å². The van der Waals surface area contributed by atoms with Crippen LogP contribution in [0.2, 0.25) is 0 Å². The van der Waals surface area contributed by atoms with Gasteiger partial charge in [0.05, 0.1) is 6.61 Å². The van der Waals surface area contributed by atoms with Crippen LogP contribution in [-0.2, 0) is 27.4 Å². The summed E-state index contributed by atoms with van der Waals surface area (Å²) in [4.78, 5) is 26.0. The quantitative estimate of drug-likeness (QED) is 0.910. The third-order valence-corrected chi connectivity index (χ3v) is 4.49. The zero-order valence-corrected chi connectivity index (χ0v) is 14.1. The van der Waals surface area contributed by atoms with Gasteiger partial charge in [0.1, 0.15) is 6.10 Å². The van der Waals surface area contributed by atoms with Crippen molar-refractivity contribution in [2.24, 2.45) is 0 Å². The Balaban J connectivity index is 1.73. The highest BCUT2D eigenvalue weighted by molar-refractivity contribution is 5.87. The average Bonchev–Trinajstić information content (AvgIpc) is 2.65. The maximum atomic E-state index is 12.8. The summed E-state index contributed by atoms with van der Waals surface area (Å²) in [5, 5.41) is 9.66. The predicted octanol–water partition coefficient (Wildman–Crippen LogP) is 2.80. The van der Waals surface area contributed by atoms with Gasteiger partial charge in [0, 0.05) is 6.54 Å². The molecule has 1 aliphatic heterocycles. The van der Waals surface area contributed by atoms with Gasteiger partial charge in [0.2, 0.25) is 0 Å². The second-order valence-electron chi connectivity index (χ2n) is 6.16. The van der Waals surface area contributed by atoms with Gasteiger partial charge < -0.3 is 14.7 Å². The van der Waals surface area contributed by atoms with E-state index < -0.39 is 18.1 Å². The van der Waals surface area contributed by atoms with Gasteiger partial charge in [0.15, 0.2) is 6.04 Å². The summed E-state index contributed by atoms with van der Waals surface area (Å²) >= 11 is 0. The zero-order chi connectivity index (χ0) is 17.8. The highest BCUT2D eigenvalue weighted by Crippen LogP contribution is 2.30. The van der Waals surface area contributed by atoms with E-state index >= 15 is 0 Å². The van der Waals surface area contributed by atoms with Gasteiger partial charge in [-0.15, -0.1) is 0 Å². The fraction of sp³-hybridized carbons (Fsp3) is 0.300. The summed E-state index contributed by atoms with van der Waals surface area (Å²) in [5.41, 5.74) is 2.64. The third-order valence-electron chi connectivity index (χ3n) is 4.49. The lowest BCUT2D eigenvalue weighted by molar-refractivity contribution is -0.157. The van der Waals surface area contributed by atoms with Gasteiger partial charge in [-0.25, -0.2) is 4.79 Å². The topological polar surface area (TPSA) is 66.8 Å². The van der Waals surface area contributed by atoms with Crippen molar-refractivity contribution in [1.29, 1.82) is 0 Å². The van der Waals surface area contributed by atoms with Crippen LogP contribution in [-0.4, -0.2) is 34.5 Å². The number of hydrogen-bond donors (Lipinski definition) is 1. The van der Waals surface area contributed by atoms with Crippen molar-refractivity contribution in [2.75, 3.05) is 6.54 Å². The molecule has 1 N–H and O–H groups in total. The van der Waals surface area contributed by atoms with E-state index in [1.54, 1.807) is 19.1 Å². The maximum absolute atomic E-state index is 12.8. The van der Waals surface area contributed by atoms with Gasteiger partial charge in [-0.2, -0.15) is 0 Å². The van der Waals surface area contributed by atoms with Crippen molar-refractivity contribution in [3.63, 3.8) is 0 Å². The number of aliphatic carboxylic acids is 1. The Hall–Kier alpha value is -2.66. The first-order chi connectivity index (χ1) is 12.1. The molecule has 0 bridgehead atoms.